The number of aromatic nitrogens is 1. The number of hydrogen-bond acceptors (Lipinski definition) is 2. The maximum absolute atomic E-state index is 13.3. The van der Waals surface area contributed by atoms with Gasteiger partial charge in [0.2, 0.25) is 0 Å². The van der Waals surface area contributed by atoms with Crippen LogP contribution in [0.15, 0.2) is 30.5 Å². The molecule has 0 saturated carbocycles. The van der Waals surface area contributed by atoms with Crippen molar-refractivity contribution in [1.29, 1.82) is 0 Å². The van der Waals surface area contributed by atoms with Crippen molar-refractivity contribution in [3.63, 3.8) is 0 Å². The summed E-state index contributed by atoms with van der Waals surface area (Å²) in [7, 11) is 0. The number of fused-ring (bicyclic) bond motifs is 1. The number of carbonyl (C=O) groups excluding carboxylic acids is 1. The van der Waals surface area contributed by atoms with Crippen molar-refractivity contribution in [2.45, 2.75) is 46.1 Å². The van der Waals surface area contributed by atoms with Crippen molar-refractivity contribution >= 4 is 17.4 Å². The van der Waals surface area contributed by atoms with Crippen LogP contribution >= 0.6 is 0 Å². The van der Waals surface area contributed by atoms with Crippen LogP contribution in [0.4, 0.5) is 4.48 Å². The molecule has 2 aromatic rings. The number of ether oxygens (including phenoxy) is 1. The van der Waals surface area contributed by atoms with Crippen LogP contribution in [-0.4, -0.2) is 16.9 Å². The standard InChI is InChI=1S/C11H12FN.C5H10O2/c1-8(2)10-7-13(12)11-6-4-3-5-9(10)11;1-5(2,3)7-4-6/h3-8H,1-2H3;4H,1-3H3. The minimum Gasteiger partial charge on any atom is -0.462 e. The molecule has 110 valence electrons. The molecule has 1 aromatic heterocycles. The predicted octanol–water partition coefficient (Wildman–Crippen LogP) is 4.46. The van der Waals surface area contributed by atoms with Crippen LogP contribution < -0.4 is 0 Å². The number of hydrogen-bond donors (Lipinski definition) is 0. The summed E-state index contributed by atoms with van der Waals surface area (Å²) >= 11 is 0. The van der Waals surface area contributed by atoms with Gasteiger partial charge in [-0.05, 0) is 38.3 Å². The number of rotatable bonds is 2. The molecule has 2 rings (SSSR count). The molecule has 0 fully saturated rings. The lowest BCUT2D eigenvalue weighted by atomic mass is 10.0. The van der Waals surface area contributed by atoms with E-state index in [4.69, 9.17) is 0 Å². The Kier molecular flexibility index (Phi) is 5.31. The van der Waals surface area contributed by atoms with Crippen molar-refractivity contribution in [3.05, 3.63) is 36.0 Å². The zero-order valence-corrected chi connectivity index (χ0v) is 12.7. The van der Waals surface area contributed by atoms with E-state index in [1.807, 2.05) is 39.0 Å². The summed E-state index contributed by atoms with van der Waals surface area (Å²) in [6, 6.07) is 7.54. The van der Waals surface area contributed by atoms with E-state index in [0.717, 1.165) is 10.9 Å². The molecule has 3 nitrogen and oxygen atoms in total. The predicted molar refractivity (Wildman–Crippen MR) is 79.4 cm³/mol. The van der Waals surface area contributed by atoms with Gasteiger partial charge in [-0.2, -0.15) is 4.79 Å². The van der Waals surface area contributed by atoms with Gasteiger partial charge in [0.05, 0.1) is 5.52 Å². The van der Waals surface area contributed by atoms with E-state index >= 15 is 0 Å². The zero-order chi connectivity index (χ0) is 15.3. The summed E-state index contributed by atoms with van der Waals surface area (Å²) in [6.07, 6.45) is 1.56. The third-order valence-corrected chi connectivity index (χ3v) is 2.72. The van der Waals surface area contributed by atoms with Gasteiger partial charge in [-0.15, -0.1) is 0 Å². The minimum atomic E-state index is -0.318. The van der Waals surface area contributed by atoms with Gasteiger partial charge in [-0.25, -0.2) is 0 Å². The number of para-hydroxylation sites is 1. The van der Waals surface area contributed by atoms with Gasteiger partial charge in [0.1, 0.15) is 5.60 Å². The van der Waals surface area contributed by atoms with Crippen LogP contribution in [0.3, 0.4) is 0 Å². The second-order valence-electron chi connectivity index (χ2n) is 5.89. The maximum Gasteiger partial charge on any atom is 0.293 e. The second kappa shape index (κ2) is 6.55. The molecule has 0 saturated heterocycles. The van der Waals surface area contributed by atoms with Gasteiger partial charge in [-0.3, -0.25) is 4.79 Å². The molecule has 0 atom stereocenters. The first-order valence-corrected chi connectivity index (χ1v) is 6.64. The first-order valence-electron chi connectivity index (χ1n) is 6.64. The minimum absolute atomic E-state index is 0.318. The Morgan fingerprint density at radius 1 is 1.25 bits per heavy atom. The molecular weight excluding hydrogens is 257 g/mol. The van der Waals surface area contributed by atoms with Crippen molar-refractivity contribution in [2.75, 3.05) is 0 Å². The largest absolute Gasteiger partial charge is 0.462 e. The summed E-state index contributed by atoms with van der Waals surface area (Å²) in [4.78, 5) is 10.3. The highest BCUT2D eigenvalue weighted by Crippen LogP contribution is 2.27. The number of carbonyl (C=O) groups is 1. The highest BCUT2D eigenvalue weighted by atomic mass is 19.2. The number of benzene rings is 1. The Hall–Kier alpha value is -1.84. The van der Waals surface area contributed by atoms with Gasteiger partial charge >= 0.3 is 0 Å². The summed E-state index contributed by atoms with van der Waals surface area (Å²) in [5.41, 5.74) is 1.41. The molecule has 4 heteroatoms. The van der Waals surface area contributed by atoms with E-state index in [2.05, 4.69) is 18.6 Å². The molecular formula is C16H22FNO2. The smallest absolute Gasteiger partial charge is 0.293 e. The van der Waals surface area contributed by atoms with Crippen LogP contribution in [0.1, 0.15) is 46.1 Å². The van der Waals surface area contributed by atoms with E-state index < -0.39 is 0 Å². The lowest BCUT2D eigenvalue weighted by molar-refractivity contribution is -0.138. The normalized spacial score (nSPS) is 11.2. The van der Waals surface area contributed by atoms with Crippen LogP contribution in [-0.2, 0) is 9.53 Å². The Bertz CT molecular complexity index is 567. The third kappa shape index (κ3) is 4.37. The van der Waals surface area contributed by atoms with Crippen molar-refractivity contribution in [3.8, 4) is 0 Å². The Morgan fingerprint density at radius 3 is 2.30 bits per heavy atom. The van der Waals surface area contributed by atoms with Crippen molar-refractivity contribution in [1.82, 2.24) is 4.79 Å². The Balaban J connectivity index is 0.000000246. The van der Waals surface area contributed by atoms with Crippen LogP contribution in [0, 0.1) is 0 Å². The highest BCUT2D eigenvalue weighted by Gasteiger charge is 2.09. The molecule has 1 aromatic carbocycles. The molecule has 0 amide bonds. The third-order valence-electron chi connectivity index (χ3n) is 2.72. The SMILES string of the molecule is CC(C)(C)OC=O.CC(C)c1cn(F)c2ccccc12. The Morgan fingerprint density at radius 2 is 1.85 bits per heavy atom. The fourth-order valence-corrected chi connectivity index (χ4v) is 1.77. The first-order chi connectivity index (χ1) is 9.26. The molecule has 1 heterocycles. The van der Waals surface area contributed by atoms with E-state index in [0.29, 0.717) is 22.7 Å². The molecule has 20 heavy (non-hydrogen) atoms. The van der Waals surface area contributed by atoms with Crippen LogP contribution in [0.5, 0.6) is 0 Å². The monoisotopic (exact) mass is 279 g/mol. The van der Waals surface area contributed by atoms with Gasteiger partial charge in [0.25, 0.3) is 6.47 Å². The molecule has 0 bridgehead atoms. The molecule has 0 aliphatic rings. The van der Waals surface area contributed by atoms with Crippen molar-refractivity contribution in [2.24, 2.45) is 0 Å². The second-order valence-corrected chi connectivity index (χ2v) is 5.89. The number of halogens is 1. The average molecular weight is 279 g/mol. The quantitative estimate of drug-likeness (QED) is 0.760. The van der Waals surface area contributed by atoms with E-state index in [1.54, 1.807) is 12.3 Å². The van der Waals surface area contributed by atoms with Crippen LogP contribution in [0.2, 0.25) is 0 Å². The average Bonchev–Trinajstić information content (AvgIpc) is 2.67. The van der Waals surface area contributed by atoms with Gasteiger partial charge in [0.15, 0.2) is 0 Å². The van der Waals surface area contributed by atoms with Gasteiger partial charge in [0, 0.05) is 11.6 Å². The van der Waals surface area contributed by atoms with Crippen LogP contribution in [0.25, 0.3) is 10.9 Å². The van der Waals surface area contributed by atoms with E-state index in [-0.39, 0.29) is 5.60 Å². The van der Waals surface area contributed by atoms with Crippen molar-refractivity contribution < 1.29 is 14.0 Å². The van der Waals surface area contributed by atoms with E-state index in [9.17, 15) is 9.28 Å². The molecule has 0 aliphatic heterocycles. The molecule has 0 unspecified atom stereocenters. The van der Waals surface area contributed by atoms with Gasteiger partial charge < -0.3 is 4.74 Å². The molecule has 0 spiro atoms. The summed E-state index contributed by atoms with van der Waals surface area (Å²) in [5, 5.41) is 1.01. The lowest BCUT2D eigenvalue weighted by Crippen LogP contribution is -2.17. The Labute approximate surface area is 119 Å². The van der Waals surface area contributed by atoms with E-state index in [1.165, 1.54) is 0 Å². The molecule has 0 radical (unpaired) electrons. The fraction of sp³-hybridized carbons (Fsp3) is 0.438. The highest BCUT2D eigenvalue weighted by molar-refractivity contribution is 5.84. The topological polar surface area (TPSA) is 31.2 Å². The summed E-state index contributed by atoms with van der Waals surface area (Å²) in [6.45, 7) is 10.1. The lowest BCUT2D eigenvalue weighted by Gasteiger charge is -2.14. The molecule has 0 N–H and O–H groups in total. The first kappa shape index (κ1) is 16.2. The summed E-state index contributed by atoms with van der Waals surface area (Å²) in [5.74, 6) is 0.363. The fourth-order valence-electron chi connectivity index (χ4n) is 1.77. The van der Waals surface area contributed by atoms with Gasteiger partial charge in [-0.1, -0.05) is 36.5 Å². The summed E-state index contributed by atoms with van der Waals surface area (Å²) < 4.78 is 17.8. The molecule has 0 aliphatic carbocycles. The zero-order valence-electron chi connectivity index (χ0n) is 12.7. The maximum atomic E-state index is 13.3. The number of nitrogens with zero attached hydrogens (tertiary/aromatic N) is 1.